The number of hydrogen-bond donors (Lipinski definition) is 1. The van der Waals surface area contributed by atoms with Crippen molar-refractivity contribution in [3.63, 3.8) is 0 Å². The normalized spacial score (nSPS) is 10.1. The first-order valence-electron chi connectivity index (χ1n) is 7.89. The smallest absolute Gasteiger partial charge is 0.314 e. The van der Waals surface area contributed by atoms with E-state index in [1.54, 1.807) is 7.11 Å². The summed E-state index contributed by atoms with van der Waals surface area (Å²) >= 11 is 0. The summed E-state index contributed by atoms with van der Waals surface area (Å²) in [5.41, 5.74) is 0.716. The van der Waals surface area contributed by atoms with E-state index in [9.17, 15) is 14.9 Å². The SMILES string of the molecule is COc1ccc(OCC(=O)NCCc2ccccc2OC)c([N+](=O)[O-])c1. The Balaban J connectivity index is 1.86. The number of para-hydroxylation sites is 1. The van der Waals surface area contributed by atoms with E-state index in [0.717, 1.165) is 11.3 Å². The number of carbonyl (C=O) groups excluding carboxylic acids is 1. The second-order valence-electron chi connectivity index (χ2n) is 5.29. The Hall–Kier alpha value is -3.29. The van der Waals surface area contributed by atoms with E-state index in [1.165, 1.54) is 25.3 Å². The molecule has 0 aromatic heterocycles. The summed E-state index contributed by atoms with van der Waals surface area (Å²) in [7, 11) is 3.00. The minimum atomic E-state index is -0.586. The van der Waals surface area contributed by atoms with Gasteiger partial charge in [-0.1, -0.05) is 18.2 Å². The molecule has 0 atom stereocenters. The molecule has 8 nitrogen and oxygen atoms in total. The number of nitrogens with one attached hydrogen (secondary N) is 1. The lowest BCUT2D eigenvalue weighted by Crippen LogP contribution is -2.30. The van der Waals surface area contributed by atoms with Crippen molar-refractivity contribution in [2.24, 2.45) is 0 Å². The maximum atomic E-state index is 11.9. The fourth-order valence-corrected chi connectivity index (χ4v) is 2.33. The quantitative estimate of drug-likeness (QED) is 0.544. The Labute approximate surface area is 150 Å². The van der Waals surface area contributed by atoms with Crippen molar-refractivity contribution in [3.8, 4) is 17.2 Å². The maximum absolute atomic E-state index is 11.9. The summed E-state index contributed by atoms with van der Waals surface area (Å²) in [5.74, 6) is 0.734. The molecule has 0 saturated carbocycles. The van der Waals surface area contributed by atoms with Crippen LogP contribution in [0.2, 0.25) is 0 Å². The van der Waals surface area contributed by atoms with Crippen molar-refractivity contribution in [1.82, 2.24) is 5.32 Å². The monoisotopic (exact) mass is 360 g/mol. The summed E-state index contributed by atoms with van der Waals surface area (Å²) in [6, 6.07) is 11.7. The molecule has 2 aromatic carbocycles. The van der Waals surface area contributed by atoms with Crippen LogP contribution in [-0.4, -0.2) is 38.2 Å². The molecule has 26 heavy (non-hydrogen) atoms. The highest BCUT2D eigenvalue weighted by Gasteiger charge is 2.17. The van der Waals surface area contributed by atoms with E-state index in [2.05, 4.69) is 5.32 Å². The van der Waals surface area contributed by atoms with Crippen LogP contribution < -0.4 is 19.5 Å². The molecule has 0 aliphatic heterocycles. The molecule has 1 N–H and O–H groups in total. The number of hydrogen-bond acceptors (Lipinski definition) is 6. The summed E-state index contributed by atoms with van der Waals surface area (Å²) in [4.78, 5) is 22.4. The molecule has 0 radical (unpaired) electrons. The Morgan fingerprint density at radius 1 is 1.12 bits per heavy atom. The number of amides is 1. The number of methoxy groups -OCH3 is 2. The van der Waals surface area contributed by atoms with Gasteiger partial charge in [0.1, 0.15) is 11.5 Å². The minimum absolute atomic E-state index is 0.00989. The molecule has 0 unspecified atom stereocenters. The van der Waals surface area contributed by atoms with Crippen LogP contribution in [0.4, 0.5) is 5.69 Å². The Morgan fingerprint density at radius 3 is 2.58 bits per heavy atom. The molecule has 138 valence electrons. The molecule has 0 heterocycles. The van der Waals surface area contributed by atoms with Crippen LogP contribution in [0.15, 0.2) is 42.5 Å². The number of rotatable bonds is 9. The van der Waals surface area contributed by atoms with Crippen molar-refractivity contribution in [2.75, 3.05) is 27.4 Å². The Morgan fingerprint density at radius 2 is 1.88 bits per heavy atom. The first-order chi connectivity index (χ1) is 12.5. The van der Waals surface area contributed by atoms with Gasteiger partial charge in [0.15, 0.2) is 12.4 Å². The molecule has 0 saturated heterocycles. The molecule has 2 aromatic rings. The molecular weight excluding hydrogens is 340 g/mol. The van der Waals surface area contributed by atoms with Crippen LogP contribution in [0, 0.1) is 10.1 Å². The third-order valence-corrected chi connectivity index (χ3v) is 3.63. The lowest BCUT2D eigenvalue weighted by molar-refractivity contribution is -0.385. The summed E-state index contributed by atoms with van der Waals surface area (Å²) in [6.07, 6.45) is 0.596. The average molecular weight is 360 g/mol. The molecule has 0 bridgehead atoms. The third kappa shape index (κ3) is 5.10. The van der Waals surface area contributed by atoms with Crippen molar-refractivity contribution in [1.29, 1.82) is 0 Å². The summed E-state index contributed by atoms with van der Waals surface area (Å²) in [6.45, 7) is 0.0758. The minimum Gasteiger partial charge on any atom is -0.496 e. The van der Waals surface area contributed by atoms with Gasteiger partial charge in [0, 0.05) is 6.54 Å². The number of nitro groups is 1. The molecule has 2 rings (SSSR count). The molecular formula is C18H20N2O6. The van der Waals surface area contributed by atoms with E-state index < -0.39 is 4.92 Å². The van der Waals surface area contributed by atoms with Crippen molar-refractivity contribution in [2.45, 2.75) is 6.42 Å². The summed E-state index contributed by atoms with van der Waals surface area (Å²) in [5, 5.41) is 13.8. The van der Waals surface area contributed by atoms with Crippen molar-refractivity contribution in [3.05, 3.63) is 58.1 Å². The number of ether oxygens (including phenoxy) is 3. The molecule has 1 amide bonds. The number of nitro benzene ring substituents is 1. The Kier molecular flexibility index (Phi) is 6.78. The maximum Gasteiger partial charge on any atom is 0.314 e. The van der Waals surface area contributed by atoms with Crippen molar-refractivity contribution < 1.29 is 23.9 Å². The highest BCUT2D eigenvalue weighted by Crippen LogP contribution is 2.30. The average Bonchev–Trinajstić information content (AvgIpc) is 2.66. The predicted octanol–water partition coefficient (Wildman–Crippen LogP) is 2.35. The van der Waals surface area contributed by atoms with Crippen LogP contribution in [0.25, 0.3) is 0 Å². The molecule has 0 aliphatic rings. The fourth-order valence-electron chi connectivity index (χ4n) is 2.33. The van der Waals surface area contributed by atoms with Gasteiger partial charge in [0.2, 0.25) is 0 Å². The predicted molar refractivity (Wildman–Crippen MR) is 94.9 cm³/mol. The molecule has 0 fully saturated rings. The van der Waals surface area contributed by atoms with Crippen LogP contribution in [0.1, 0.15) is 5.56 Å². The molecule has 0 aliphatic carbocycles. The van der Waals surface area contributed by atoms with Gasteiger partial charge in [-0.15, -0.1) is 0 Å². The largest absolute Gasteiger partial charge is 0.496 e. The van der Waals surface area contributed by atoms with Crippen molar-refractivity contribution >= 4 is 11.6 Å². The van der Waals surface area contributed by atoms with E-state index in [0.29, 0.717) is 18.7 Å². The number of carbonyl (C=O) groups is 1. The lowest BCUT2D eigenvalue weighted by Gasteiger charge is -2.10. The zero-order valence-corrected chi connectivity index (χ0v) is 14.6. The Bertz CT molecular complexity index is 778. The van der Waals surface area contributed by atoms with Gasteiger partial charge in [0.05, 0.1) is 25.2 Å². The van der Waals surface area contributed by atoms with Crippen LogP contribution in [0.5, 0.6) is 17.2 Å². The molecule has 0 spiro atoms. The standard InChI is InChI=1S/C18H20N2O6/c1-24-14-7-8-17(15(11-14)20(22)23)26-12-18(21)19-10-9-13-5-3-4-6-16(13)25-2/h3-8,11H,9-10,12H2,1-2H3,(H,19,21). The first-order valence-corrected chi connectivity index (χ1v) is 7.89. The topological polar surface area (TPSA) is 99.9 Å². The van der Waals surface area contributed by atoms with Gasteiger partial charge in [-0.3, -0.25) is 14.9 Å². The lowest BCUT2D eigenvalue weighted by atomic mass is 10.1. The van der Waals surface area contributed by atoms with Gasteiger partial charge >= 0.3 is 5.69 Å². The second kappa shape index (κ2) is 9.26. The molecule has 8 heteroatoms. The van der Waals surface area contributed by atoms with E-state index in [1.807, 2.05) is 24.3 Å². The third-order valence-electron chi connectivity index (χ3n) is 3.63. The van der Waals surface area contributed by atoms with Crippen LogP contribution in [0.3, 0.4) is 0 Å². The van der Waals surface area contributed by atoms with Crippen LogP contribution >= 0.6 is 0 Å². The van der Waals surface area contributed by atoms with Gasteiger partial charge in [-0.25, -0.2) is 0 Å². The van der Waals surface area contributed by atoms with E-state index in [-0.39, 0.29) is 24.0 Å². The van der Waals surface area contributed by atoms with Gasteiger partial charge in [-0.2, -0.15) is 0 Å². The fraction of sp³-hybridized carbons (Fsp3) is 0.278. The van der Waals surface area contributed by atoms with E-state index >= 15 is 0 Å². The highest BCUT2D eigenvalue weighted by molar-refractivity contribution is 5.77. The zero-order chi connectivity index (χ0) is 18.9. The van der Waals surface area contributed by atoms with Gasteiger partial charge in [-0.05, 0) is 30.2 Å². The summed E-state index contributed by atoms with van der Waals surface area (Å²) < 4.78 is 15.5. The van der Waals surface area contributed by atoms with E-state index in [4.69, 9.17) is 14.2 Å². The second-order valence-corrected chi connectivity index (χ2v) is 5.29. The number of benzene rings is 2. The van der Waals surface area contributed by atoms with Gasteiger partial charge in [0.25, 0.3) is 5.91 Å². The van der Waals surface area contributed by atoms with Gasteiger partial charge < -0.3 is 19.5 Å². The zero-order valence-electron chi connectivity index (χ0n) is 14.6. The van der Waals surface area contributed by atoms with Crippen LogP contribution in [-0.2, 0) is 11.2 Å². The first kappa shape index (κ1) is 19.0. The highest BCUT2D eigenvalue weighted by atomic mass is 16.6. The number of nitrogens with zero attached hydrogens (tertiary/aromatic N) is 1.